The first-order valence-corrected chi connectivity index (χ1v) is 7.90. The van der Waals surface area contributed by atoms with E-state index >= 15 is 0 Å². The number of fused-ring (bicyclic) bond motifs is 1. The van der Waals surface area contributed by atoms with Crippen LogP contribution in [0.2, 0.25) is 0 Å². The molecule has 3 rings (SSSR count). The van der Waals surface area contributed by atoms with Crippen molar-refractivity contribution >= 4 is 0 Å². The lowest BCUT2D eigenvalue weighted by atomic mass is 9.94. The molecule has 0 saturated carbocycles. The molecule has 0 amide bonds. The van der Waals surface area contributed by atoms with E-state index in [0.717, 1.165) is 5.56 Å². The summed E-state index contributed by atoms with van der Waals surface area (Å²) >= 11 is 0. The van der Waals surface area contributed by atoms with E-state index in [9.17, 15) is 9.50 Å². The van der Waals surface area contributed by atoms with E-state index in [2.05, 4.69) is 0 Å². The number of nitrogens with zero attached hydrogens (tertiary/aromatic N) is 2. The minimum Gasteiger partial charge on any atom is -0.496 e. The van der Waals surface area contributed by atoms with Gasteiger partial charge in [-0.25, -0.2) is 4.39 Å². The number of ether oxygens (including phenoxy) is 2. The Labute approximate surface area is 145 Å². The zero-order valence-corrected chi connectivity index (χ0v) is 14.1. The van der Waals surface area contributed by atoms with Crippen LogP contribution in [0.3, 0.4) is 0 Å². The zero-order valence-electron chi connectivity index (χ0n) is 14.1. The summed E-state index contributed by atoms with van der Waals surface area (Å²) in [5.41, 5.74) is 2.38. The van der Waals surface area contributed by atoms with E-state index in [1.807, 2.05) is 11.0 Å². The highest BCUT2D eigenvalue weighted by Crippen LogP contribution is 2.39. The molecular formula is C19H19FN2O3. The van der Waals surface area contributed by atoms with Gasteiger partial charge in [0.15, 0.2) is 0 Å². The van der Waals surface area contributed by atoms with Crippen molar-refractivity contribution < 1.29 is 19.0 Å². The van der Waals surface area contributed by atoms with Crippen molar-refractivity contribution in [1.29, 1.82) is 5.26 Å². The number of hydrogen-bond acceptors (Lipinski definition) is 5. The maximum atomic E-state index is 14.1. The van der Waals surface area contributed by atoms with Gasteiger partial charge in [-0.2, -0.15) is 5.26 Å². The summed E-state index contributed by atoms with van der Waals surface area (Å²) in [6.07, 6.45) is -0.768. The maximum Gasteiger partial charge on any atom is 0.127 e. The molecule has 1 heterocycles. The Morgan fingerprint density at radius 1 is 1.24 bits per heavy atom. The van der Waals surface area contributed by atoms with Crippen LogP contribution in [0.1, 0.15) is 28.4 Å². The van der Waals surface area contributed by atoms with Gasteiger partial charge in [-0.1, -0.05) is 0 Å². The molecule has 0 aromatic heterocycles. The third kappa shape index (κ3) is 3.29. The maximum absolute atomic E-state index is 14.1. The van der Waals surface area contributed by atoms with E-state index in [1.54, 1.807) is 32.4 Å². The number of halogens is 1. The van der Waals surface area contributed by atoms with Crippen molar-refractivity contribution in [1.82, 2.24) is 4.90 Å². The highest BCUT2D eigenvalue weighted by atomic mass is 19.1. The summed E-state index contributed by atoms with van der Waals surface area (Å²) in [5.74, 6) is 0.906. The van der Waals surface area contributed by atoms with Gasteiger partial charge in [-0.3, -0.25) is 4.90 Å². The predicted octanol–water partition coefficient (Wildman–Crippen LogP) is 2.76. The van der Waals surface area contributed by atoms with Gasteiger partial charge in [0.1, 0.15) is 17.3 Å². The summed E-state index contributed by atoms with van der Waals surface area (Å²) in [5, 5.41) is 19.6. The molecule has 1 aliphatic rings. The van der Waals surface area contributed by atoms with Gasteiger partial charge >= 0.3 is 0 Å². The van der Waals surface area contributed by atoms with Crippen LogP contribution in [0.15, 0.2) is 30.3 Å². The quantitative estimate of drug-likeness (QED) is 0.925. The van der Waals surface area contributed by atoms with Gasteiger partial charge in [0.25, 0.3) is 0 Å². The van der Waals surface area contributed by atoms with Gasteiger partial charge in [0.05, 0.1) is 32.0 Å². The Bertz CT molecular complexity index is 832. The molecule has 1 N–H and O–H groups in total. The minimum atomic E-state index is -0.768. The number of rotatable bonds is 4. The summed E-state index contributed by atoms with van der Waals surface area (Å²) in [4.78, 5) is 1.93. The summed E-state index contributed by atoms with van der Waals surface area (Å²) in [6.45, 7) is 1.12. The normalized spacial score (nSPS) is 16.8. The van der Waals surface area contributed by atoms with Gasteiger partial charge in [0, 0.05) is 36.3 Å². The fraction of sp³-hybridized carbons (Fsp3) is 0.316. The SMILES string of the molecule is COc1ccc(OC)c2c1CN(Cc1cc(C#N)ccc1F)CC2O. The topological polar surface area (TPSA) is 65.7 Å². The van der Waals surface area contributed by atoms with Crippen LogP contribution in [0.25, 0.3) is 0 Å². The second kappa shape index (κ2) is 7.09. The van der Waals surface area contributed by atoms with Crippen LogP contribution in [-0.4, -0.2) is 30.8 Å². The first-order valence-electron chi connectivity index (χ1n) is 7.90. The number of aliphatic hydroxyl groups excluding tert-OH is 1. The molecule has 0 bridgehead atoms. The molecule has 1 unspecified atom stereocenters. The summed E-state index contributed by atoms with van der Waals surface area (Å²) in [6, 6.07) is 9.88. The number of β-amino-alcohol motifs (C(OH)–C–C–N with tert-alkyl or cyclic N) is 1. The molecule has 0 aliphatic carbocycles. The number of nitriles is 1. The average molecular weight is 342 g/mol. The molecule has 2 aromatic carbocycles. The monoisotopic (exact) mass is 342 g/mol. The molecule has 5 nitrogen and oxygen atoms in total. The molecule has 0 saturated heterocycles. The number of aliphatic hydroxyl groups is 1. The first-order chi connectivity index (χ1) is 12.1. The van der Waals surface area contributed by atoms with Crippen LogP contribution >= 0.6 is 0 Å². The molecule has 0 spiro atoms. The lowest BCUT2D eigenvalue weighted by Gasteiger charge is -2.34. The van der Waals surface area contributed by atoms with Gasteiger partial charge in [-0.15, -0.1) is 0 Å². The third-order valence-corrected chi connectivity index (χ3v) is 4.43. The number of hydrogen-bond donors (Lipinski definition) is 1. The first kappa shape index (κ1) is 17.2. The average Bonchev–Trinajstić information content (AvgIpc) is 2.62. The van der Waals surface area contributed by atoms with Crippen LogP contribution in [-0.2, 0) is 13.1 Å². The molecule has 6 heteroatoms. The highest BCUT2D eigenvalue weighted by molar-refractivity contribution is 5.51. The summed E-state index contributed by atoms with van der Waals surface area (Å²) in [7, 11) is 3.13. The minimum absolute atomic E-state index is 0.290. The Morgan fingerprint density at radius 2 is 1.96 bits per heavy atom. The van der Waals surface area contributed by atoms with Crippen LogP contribution in [0, 0.1) is 17.1 Å². The Balaban J connectivity index is 1.93. The zero-order chi connectivity index (χ0) is 18.0. The smallest absolute Gasteiger partial charge is 0.127 e. The van der Waals surface area contributed by atoms with Gasteiger partial charge < -0.3 is 14.6 Å². The van der Waals surface area contributed by atoms with E-state index in [4.69, 9.17) is 14.7 Å². The predicted molar refractivity (Wildman–Crippen MR) is 89.7 cm³/mol. The molecule has 2 aromatic rings. The van der Waals surface area contributed by atoms with Crippen molar-refractivity contribution in [3.63, 3.8) is 0 Å². The number of methoxy groups -OCH3 is 2. The standard InChI is InChI=1S/C19H19FN2O3/c1-24-17-5-6-18(25-2)19-14(17)10-22(11-16(19)23)9-13-7-12(8-21)3-4-15(13)20/h3-7,16,23H,9-11H2,1-2H3. The van der Waals surface area contributed by atoms with E-state index in [-0.39, 0.29) is 12.4 Å². The number of benzene rings is 2. The van der Waals surface area contributed by atoms with Crippen molar-refractivity contribution in [2.45, 2.75) is 19.2 Å². The van der Waals surface area contributed by atoms with Gasteiger partial charge in [-0.05, 0) is 30.3 Å². The van der Waals surface area contributed by atoms with Crippen molar-refractivity contribution in [2.75, 3.05) is 20.8 Å². The molecule has 130 valence electrons. The Kier molecular flexibility index (Phi) is 4.88. The lowest BCUT2D eigenvalue weighted by Crippen LogP contribution is -2.34. The fourth-order valence-corrected chi connectivity index (χ4v) is 3.27. The molecule has 0 fully saturated rings. The van der Waals surface area contributed by atoms with Crippen molar-refractivity contribution in [2.24, 2.45) is 0 Å². The van der Waals surface area contributed by atoms with E-state index in [1.165, 1.54) is 12.1 Å². The van der Waals surface area contributed by atoms with Crippen LogP contribution in [0.5, 0.6) is 11.5 Å². The molecule has 25 heavy (non-hydrogen) atoms. The van der Waals surface area contributed by atoms with Gasteiger partial charge in [0.2, 0.25) is 0 Å². The van der Waals surface area contributed by atoms with Crippen molar-refractivity contribution in [3.05, 3.63) is 58.4 Å². The van der Waals surface area contributed by atoms with Crippen molar-refractivity contribution in [3.8, 4) is 17.6 Å². The summed E-state index contributed by atoms with van der Waals surface area (Å²) < 4.78 is 24.8. The molecule has 1 atom stereocenters. The Hall–Kier alpha value is -2.62. The molecule has 0 radical (unpaired) electrons. The second-order valence-corrected chi connectivity index (χ2v) is 5.97. The highest BCUT2D eigenvalue weighted by Gasteiger charge is 2.30. The Morgan fingerprint density at radius 3 is 2.64 bits per heavy atom. The second-order valence-electron chi connectivity index (χ2n) is 5.97. The lowest BCUT2D eigenvalue weighted by molar-refractivity contribution is 0.0837. The van der Waals surface area contributed by atoms with E-state index < -0.39 is 6.10 Å². The molecule has 1 aliphatic heterocycles. The van der Waals surface area contributed by atoms with Crippen LogP contribution in [0.4, 0.5) is 4.39 Å². The van der Waals surface area contributed by atoms with E-state index in [0.29, 0.717) is 41.3 Å². The molecular weight excluding hydrogens is 323 g/mol. The fourth-order valence-electron chi connectivity index (χ4n) is 3.27. The third-order valence-electron chi connectivity index (χ3n) is 4.43. The van der Waals surface area contributed by atoms with Crippen LogP contribution < -0.4 is 9.47 Å². The largest absolute Gasteiger partial charge is 0.496 e.